The Balaban J connectivity index is 1.99. The van der Waals surface area contributed by atoms with E-state index in [1.54, 1.807) is 18.2 Å². The number of thiocarbonyl (C=S) groups is 1. The highest BCUT2D eigenvalue weighted by Gasteiger charge is 2.08. The maximum absolute atomic E-state index is 11.5. The van der Waals surface area contributed by atoms with E-state index in [1.807, 2.05) is 43.3 Å². The van der Waals surface area contributed by atoms with Gasteiger partial charge < -0.3 is 15.4 Å². The van der Waals surface area contributed by atoms with Gasteiger partial charge >= 0.3 is 5.97 Å². The van der Waals surface area contributed by atoms with Crippen LogP contribution in [0.1, 0.15) is 28.9 Å². The monoisotopic (exact) mass is 314 g/mol. The SMILES string of the molecule is COC(=O)c1cccc(NC(=S)N[C@H](C)c2ccccc2)c1. The number of carbonyl (C=O) groups is 1. The van der Waals surface area contributed by atoms with Crippen LogP contribution in [-0.2, 0) is 4.74 Å². The third-order valence-corrected chi connectivity index (χ3v) is 3.41. The third-order valence-electron chi connectivity index (χ3n) is 3.19. The average Bonchev–Trinajstić information content (AvgIpc) is 2.55. The molecule has 0 radical (unpaired) electrons. The Morgan fingerprint density at radius 1 is 1.14 bits per heavy atom. The van der Waals surface area contributed by atoms with E-state index in [-0.39, 0.29) is 12.0 Å². The maximum atomic E-state index is 11.5. The van der Waals surface area contributed by atoms with E-state index < -0.39 is 0 Å². The van der Waals surface area contributed by atoms with Crippen LogP contribution >= 0.6 is 12.2 Å². The molecular formula is C17H18N2O2S. The van der Waals surface area contributed by atoms with Gasteiger partial charge in [0.1, 0.15) is 0 Å². The molecule has 0 heterocycles. The van der Waals surface area contributed by atoms with Gasteiger partial charge in [0, 0.05) is 5.69 Å². The van der Waals surface area contributed by atoms with Crippen molar-refractivity contribution in [2.45, 2.75) is 13.0 Å². The molecule has 0 aliphatic heterocycles. The first-order valence-corrected chi connectivity index (χ1v) is 7.32. The molecule has 0 fully saturated rings. The predicted molar refractivity (Wildman–Crippen MR) is 92.0 cm³/mol. The van der Waals surface area contributed by atoms with Crippen molar-refractivity contribution in [2.24, 2.45) is 0 Å². The lowest BCUT2D eigenvalue weighted by Crippen LogP contribution is -2.30. The van der Waals surface area contributed by atoms with Crippen molar-refractivity contribution in [3.8, 4) is 0 Å². The fourth-order valence-electron chi connectivity index (χ4n) is 2.03. The Kier molecular flexibility index (Phi) is 5.49. The first kappa shape index (κ1) is 16.0. The van der Waals surface area contributed by atoms with Gasteiger partial charge in [-0.3, -0.25) is 0 Å². The lowest BCUT2D eigenvalue weighted by molar-refractivity contribution is 0.0601. The first-order valence-electron chi connectivity index (χ1n) is 6.91. The minimum absolute atomic E-state index is 0.0880. The molecule has 0 saturated heterocycles. The lowest BCUT2D eigenvalue weighted by atomic mass is 10.1. The van der Waals surface area contributed by atoms with Crippen LogP contribution < -0.4 is 10.6 Å². The molecule has 114 valence electrons. The molecule has 5 heteroatoms. The highest BCUT2D eigenvalue weighted by Crippen LogP contribution is 2.14. The number of anilines is 1. The third kappa shape index (κ3) is 4.30. The summed E-state index contributed by atoms with van der Waals surface area (Å²) in [5.41, 5.74) is 2.36. The molecule has 0 aliphatic carbocycles. The molecule has 22 heavy (non-hydrogen) atoms. The van der Waals surface area contributed by atoms with E-state index in [9.17, 15) is 4.79 Å². The Labute approximate surface area is 135 Å². The second-order valence-corrected chi connectivity index (χ2v) is 5.21. The zero-order chi connectivity index (χ0) is 15.9. The van der Waals surface area contributed by atoms with E-state index in [0.717, 1.165) is 11.3 Å². The van der Waals surface area contributed by atoms with Crippen molar-refractivity contribution in [1.29, 1.82) is 0 Å². The molecule has 2 aromatic carbocycles. The Hall–Kier alpha value is -2.40. The summed E-state index contributed by atoms with van der Waals surface area (Å²) in [6, 6.07) is 17.1. The number of hydrogen-bond donors (Lipinski definition) is 2. The van der Waals surface area contributed by atoms with Gasteiger partial charge in [0.25, 0.3) is 0 Å². The summed E-state index contributed by atoms with van der Waals surface area (Å²) >= 11 is 5.31. The zero-order valence-corrected chi connectivity index (χ0v) is 13.3. The van der Waals surface area contributed by atoms with Crippen molar-refractivity contribution >= 4 is 29.0 Å². The van der Waals surface area contributed by atoms with Gasteiger partial charge in [-0.25, -0.2) is 4.79 Å². The normalized spacial score (nSPS) is 11.4. The fourth-order valence-corrected chi connectivity index (χ4v) is 2.33. The molecular weight excluding hydrogens is 296 g/mol. The fraction of sp³-hybridized carbons (Fsp3) is 0.176. The molecule has 0 aromatic heterocycles. The summed E-state index contributed by atoms with van der Waals surface area (Å²) in [6.07, 6.45) is 0. The highest BCUT2D eigenvalue weighted by atomic mass is 32.1. The van der Waals surface area contributed by atoms with Crippen LogP contribution in [0.4, 0.5) is 5.69 Å². The standard InChI is InChI=1S/C17H18N2O2S/c1-12(13-7-4-3-5-8-13)18-17(22)19-15-10-6-9-14(11-15)16(20)21-2/h3-12H,1-2H3,(H2,18,19,22)/t12-/m1/s1. The minimum atomic E-state index is -0.375. The van der Waals surface area contributed by atoms with Crippen molar-refractivity contribution in [3.05, 3.63) is 65.7 Å². The molecule has 2 rings (SSSR count). The van der Waals surface area contributed by atoms with Crippen molar-refractivity contribution in [1.82, 2.24) is 5.32 Å². The van der Waals surface area contributed by atoms with Crippen molar-refractivity contribution < 1.29 is 9.53 Å². The molecule has 0 saturated carbocycles. The number of benzene rings is 2. The largest absolute Gasteiger partial charge is 0.465 e. The van der Waals surface area contributed by atoms with Crippen LogP contribution in [0, 0.1) is 0 Å². The van der Waals surface area contributed by atoms with Gasteiger partial charge in [0.15, 0.2) is 5.11 Å². The van der Waals surface area contributed by atoms with E-state index in [1.165, 1.54) is 7.11 Å². The molecule has 2 aromatic rings. The number of hydrogen-bond acceptors (Lipinski definition) is 3. The molecule has 0 unspecified atom stereocenters. The number of methoxy groups -OCH3 is 1. The summed E-state index contributed by atoms with van der Waals surface area (Å²) in [5.74, 6) is -0.375. The van der Waals surface area contributed by atoms with Crippen LogP contribution in [0.3, 0.4) is 0 Å². The van der Waals surface area contributed by atoms with Gasteiger partial charge in [-0.05, 0) is 42.9 Å². The average molecular weight is 314 g/mol. The van der Waals surface area contributed by atoms with Crippen molar-refractivity contribution in [3.63, 3.8) is 0 Å². The van der Waals surface area contributed by atoms with E-state index in [0.29, 0.717) is 10.7 Å². The van der Waals surface area contributed by atoms with Gasteiger partial charge in [0.2, 0.25) is 0 Å². The topological polar surface area (TPSA) is 50.4 Å². The summed E-state index contributed by atoms with van der Waals surface area (Å²) in [5, 5.41) is 6.78. The van der Waals surface area contributed by atoms with Crippen LogP contribution in [0.5, 0.6) is 0 Å². The number of esters is 1. The van der Waals surface area contributed by atoms with Gasteiger partial charge in [-0.15, -0.1) is 0 Å². The van der Waals surface area contributed by atoms with Crippen molar-refractivity contribution in [2.75, 3.05) is 12.4 Å². The Morgan fingerprint density at radius 2 is 1.86 bits per heavy atom. The maximum Gasteiger partial charge on any atom is 0.337 e. The summed E-state index contributed by atoms with van der Waals surface area (Å²) < 4.78 is 4.70. The van der Waals surface area contributed by atoms with Gasteiger partial charge in [-0.1, -0.05) is 36.4 Å². The van der Waals surface area contributed by atoms with Crippen LogP contribution in [0.25, 0.3) is 0 Å². The zero-order valence-electron chi connectivity index (χ0n) is 12.5. The lowest BCUT2D eigenvalue weighted by Gasteiger charge is -2.17. The number of rotatable bonds is 4. The van der Waals surface area contributed by atoms with Gasteiger partial charge in [-0.2, -0.15) is 0 Å². The molecule has 2 N–H and O–H groups in total. The van der Waals surface area contributed by atoms with Gasteiger partial charge in [0.05, 0.1) is 18.7 Å². The number of nitrogens with one attached hydrogen (secondary N) is 2. The molecule has 0 bridgehead atoms. The summed E-state index contributed by atoms with van der Waals surface area (Å²) in [6.45, 7) is 2.04. The molecule has 4 nitrogen and oxygen atoms in total. The summed E-state index contributed by atoms with van der Waals surface area (Å²) in [7, 11) is 1.36. The van der Waals surface area contributed by atoms with Crippen LogP contribution in [0.2, 0.25) is 0 Å². The molecule has 1 atom stereocenters. The second-order valence-electron chi connectivity index (χ2n) is 4.80. The quantitative estimate of drug-likeness (QED) is 0.668. The van der Waals surface area contributed by atoms with E-state index in [4.69, 9.17) is 17.0 Å². The first-order chi connectivity index (χ1) is 10.6. The summed E-state index contributed by atoms with van der Waals surface area (Å²) in [4.78, 5) is 11.5. The van der Waals surface area contributed by atoms with Crippen LogP contribution in [0.15, 0.2) is 54.6 Å². The Morgan fingerprint density at radius 3 is 2.55 bits per heavy atom. The highest BCUT2D eigenvalue weighted by molar-refractivity contribution is 7.80. The number of ether oxygens (including phenoxy) is 1. The smallest absolute Gasteiger partial charge is 0.337 e. The van der Waals surface area contributed by atoms with E-state index >= 15 is 0 Å². The number of carbonyl (C=O) groups excluding carboxylic acids is 1. The second kappa shape index (κ2) is 7.56. The van der Waals surface area contributed by atoms with Crippen LogP contribution in [-0.4, -0.2) is 18.2 Å². The molecule has 0 amide bonds. The predicted octanol–water partition coefficient (Wildman–Crippen LogP) is 3.52. The van der Waals surface area contributed by atoms with E-state index in [2.05, 4.69) is 10.6 Å². The minimum Gasteiger partial charge on any atom is -0.465 e. The molecule has 0 spiro atoms. The Bertz CT molecular complexity index is 659. The molecule has 0 aliphatic rings.